The summed E-state index contributed by atoms with van der Waals surface area (Å²) in [5, 5.41) is 2.47. The van der Waals surface area contributed by atoms with Crippen LogP contribution in [-0.4, -0.2) is 53.8 Å². The highest BCUT2D eigenvalue weighted by atomic mass is 35.5. The van der Waals surface area contributed by atoms with E-state index in [0.29, 0.717) is 33.5 Å². The molecule has 198 valence electrons. The fourth-order valence-electron chi connectivity index (χ4n) is 4.70. The second kappa shape index (κ2) is 10.7. The van der Waals surface area contributed by atoms with Gasteiger partial charge in [-0.2, -0.15) is 0 Å². The van der Waals surface area contributed by atoms with Crippen molar-refractivity contribution in [3.05, 3.63) is 77.8 Å². The number of anilines is 1. The molecule has 7 nitrogen and oxygen atoms in total. The summed E-state index contributed by atoms with van der Waals surface area (Å²) in [6.07, 6.45) is 0.874. The number of hydrogen-bond acceptors (Lipinski definition) is 6. The highest BCUT2D eigenvalue weighted by Gasteiger charge is 2.25. The van der Waals surface area contributed by atoms with Crippen molar-refractivity contribution in [2.24, 2.45) is 0 Å². The Morgan fingerprint density at radius 2 is 1.63 bits per heavy atom. The summed E-state index contributed by atoms with van der Waals surface area (Å²) in [6.45, 7) is 1.72. The number of rotatable bonds is 8. The number of ether oxygens (including phenoxy) is 3. The van der Waals surface area contributed by atoms with Gasteiger partial charge in [0.05, 0.1) is 29.8 Å². The SMILES string of the molecule is COc1cc(-c2ccc3ccccc3c2)c(S(=O)(=O)Nc2ccc(Cl)c(OC3CCN(C)C3)c2)cc1OC. The minimum absolute atomic E-state index is 0.00490. The Morgan fingerprint density at radius 1 is 0.895 bits per heavy atom. The molecular formula is C29H29ClN2O5S. The summed E-state index contributed by atoms with van der Waals surface area (Å²) >= 11 is 6.38. The Labute approximate surface area is 227 Å². The molecule has 1 heterocycles. The normalized spacial score (nSPS) is 15.9. The zero-order valence-corrected chi connectivity index (χ0v) is 23.0. The van der Waals surface area contributed by atoms with E-state index in [4.69, 9.17) is 25.8 Å². The van der Waals surface area contributed by atoms with Crippen LogP contribution in [0.3, 0.4) is 0 Å². The fourth-order valence-corrected chi connectivity index (χ4v) is 6.14. The van der Waals surface area contributed by atoms with Gasteiger partial charge in [-0.25, -0.2) is 8.42 Å². The van der Waals surface area contributed by atoms with Crippen LogP contribution in [0.25, 0.3) is 21.9 Å². The topological polar surface area (TPSA) is 77.1 Å². The lowest BCUT2D eigenvalue weighted by Gasteiger charge is -2.18. The molecule has 0 spiro atoms. The van der Waals surface area contributed by atoms with Crippen LogP contribution in [-0.2, 0) is 10.0 Å². The summed E-state index contributed by atoms with van der Waals surface area (Å²) in [4.78, 5) is 2.23. The van der Waals surface area contributed by atoms with Crippen LogP contribution in [0.15, 0.2) is 77.7 Å². The summed E-state index contributed by atoms with van der Waals surface area (Å²) < 4.78 is 47.4. The number of hydrogen-bond donors (Lipinski definition) is 1. The van der Waals surface area contributed by atoms with Gasteiger partial charge in [-0.05, 0) is 54.1 Å². The third-order valence-corrected chi connectivity index (χ3v) is 8.39. The molecule has 5 rings (SSSR count). The lowest BCUT2D eigenvalue weighted by Crippen LogP contribution is -2.21. The van der Waals surface area contributed by atoms with E-state index in [-0.39, 0.29) is 11.0 Å². The predicted molar refractivity (Wildman–Crippen MR) is 151 cm³/mol. The largest absolute Gasteiger partial charge is 0.493 e. The first-order valence-corrected chi connectivity index (χ1v) is 14.1. The Kier molecular flexibility index (Phi) is 7.38. The Bertz CT molecular complexity index is 1590. The Morgan fingerprint density at radius 3 is 2.34 bits per heavy atom. The third kappa shape index (κ3) is 5.38. The molecule has 0 bridgehead atoms. The summed E-state index contributed by atoms with van der Waals surface area (Å²) in [5.74, 6) is 1.18. The smallest absolute Gasteiger partial charge is 0.262 e. The molecule has 0 aliphatic carbocycles. The van der Waals surface area contributed by atoms with Gasteiger partial charge in [0, 0.05) is 30.8 Å². The van der Waals surface area contributed by atoms with Gasteiger partial charge in [-0.1, -0.05) is 48.0 Å². The maximum atomic E-state index is 13.8. The molecule has 0 saturated carbocycles. The summed E-state index contributed by atoms with van der Waals surface area (Å²) in [6, 6.07) is 21.8. The van der Waals surface area contributed by atoms with Crippen molar-refractivity contribution in [1.29, 1.82) is 0 Å². The fraction of sp³-hybridized carbons (Fsp3) is 0.241. The quantitative estimate of drug-likeness (QED) is 0.286. The molecular weight excluding hydrogens is 524 g/mol. The minimum atomic E-state index is -4.06. The van der Waals surface area contributed by atoms with E-state index in [2.05, 4.69) is 9.62 Å². The standard InChI is InChI=1S/C29H29ClN2O5S/c1-32-13-12-23(18-32)37-26-15-22(10-11-25(26)30)31-38(33,34)29-17-28(36-3)27(35-2)16-24(29)21-9-8-19-6-4-5-7-20(19)14-21/h4-11,14-17,23,31H,12-13,18H2,1-3H3. The molecule has 1 atom stereocenters. The number of nitrogens with one attached hydrogen (secondary N) is 1. The molecule has 1 fully saturated rings. The van der Waals surface area contributed by atoms with Gasteiger partial charge in [0.1, 0.15) is 11.9 Å². The number of methoxy groups -OCH3 is 2. The summed E-state index contributed by atoms with van der Waals surface area (Å²) in [7, 11) is 0.965. The number of nitrogens with zero attached hydrogens (tertiary/aromatic N) is 1. The average Bonchev–Trinajstić information content (AvgIpc) is 3.33. The van der Waals surface area contributed by atoms with E-state index < -0.39 is 10.0 Å². The van der Waals surface area contributed by atoms with E-state index >= 15 is 0 Å². The van der Waals surface area contributed by atoms with Gasteiger partial charge in [-0.15, -0.1) is 0 Å². The molecule has 1 aliphatic heterocycles. The first-order chi connectivity index (χ1) is 18.3. The summed E-state index contributed by atoms with van der Waals surface area (Å²) in [5.41, 5.74) is 1.56. The minimum Gasteiger partial charge on any atom is -0.493 e. The molecule has 38 heavy (non-hydrogen) atoms. The van der Waals surface area contributed by atoms with Gasteiger partial charge >= 0.3 is 0 Å². The van der Waals surface area contributed by atoms with Crippen LogP contribution in [0.5, 0.6) is 17.2 Å². The predicted octanol–water partition coefficient (Wildman–Crippen LogP) is 6.06. The molecule has 1 saturated heterocycles. The number of fused-ring (bicyclic) bond motifs is 1. The van der Waals surface area contributed by atoms with Gasteiger partial charge < -0.3 is 19.1 Å². The van der Waals surface area contributed by atoms with Crippen molar-refractivity contribution in [1.82, 2.24) is 4.90 Å². The molecule has 1 N–H and O–H groups in total. The second-order valence-corrected chi connectivity index (χ2v) is 11.4. The van der Waals surface area contributed by atoms with E-state index in [0.717, 1.165) is 35.8 Å². The maximum Gasteiger partial charge on any atom is 0.262 e. The van der Waals surface area contributed by atoms with Gasteiger partial charge in [0.2, 0.25) is 0 Å². The number of benzene rings is 4. The molecule has 9 heteroatoms. The van der Waals surface area contributed by atoms with E-state index in [1.807, 2.05) is 49.5 Å². The molecule has 0 amide bonds. The van der Waals surface area contributed by atoms with Crippen molar-refractivity contribution in [2.75, 3.05) is 39.1 Å². The molecule has 1 unspecified atom stereocenters. The maximum absolute atomic E-state index is 13.8. The first-order valence-electron chi connectivity index (χ1n) is 12.2. The molecule has 4 aromatic rings. The highest BCUT2D eigenvalue weighted by Crippen LogP contribution is 2.40. The van der Waals surface area contributed by atoms with Crippen LogP contribution < -0.4 is 18.9 Å². The van der Waals surface area contributed by atoms with E-state index in [9.17, 15) is 8.42 Å². The lowest BCUT2D eigenvalue weighted by atomic mass is 10.0. The van der Waals surface area contributed by atoms with Crippen molar-refractivity contribution < 1.29 is 22.6 Å². The number of halogens is 1. The van der Waals surface area contributed by atoms with Crippen molar-refractivity contribution in [3.8, 4) is 28.4 Å². The van der Waals surface area contributed by atoms with Crippen LogP contribution in [0.2, 0.25) is 5.02 Å². The number of likely N-dealkylation sites (tertiary alicyclic amines) is 1. The van der Waals surface area contributed by atoms with Crippen molar-refractivity contribution in [2.45, 2.75) is 17.4 Å². The monoisotopic (exact) mass is 552 g/mol. The lowest BCUT2D eigenvalue weighted by molar-refractivity contribution is 0.208. The van der Waals surface area contributed by atoms with Crippen LogP contribution in [0.4, 0.5) is 5.69 Å². The zero-order chi connectivity index (χ0) is 26.9. The highest BCUT2D eigenvalue weighted by molar-refractivity contribution is 7.92. The molecule has 1 aliphatic rings. The van der Waals surface area contributed by atoms with Crippen molar-refractivity contribution >= 4 is 38.1 Å². The number of likely N-dealkylation sites (N-methyl/N-ethyl adjacent to an activating group) is 1. The van der Waals surface area contributed by atoms with E-state index in [1.165, 1.54) is 20.3 Å². The van der Waals surface area contributed by atoms with Crippen LogP contribution >= 0.6 is 11.6 Å². The zero-order valence-electron chi connectivity index (χ0n) is 21.4. The van der Waals surface area contributed by atoms with Crippen molar-refractivity contribution in [3.63, 3.8) is 0 Å². The number of sulfonamides is 1. The Hall–Kier alpha value is -3.46. The van der Waals surface area contributed by atoms with E-state index in [1.54, 1.807) is 24.3 Å². The van der Waals surface area contributed by atoms with Gasteiger partial charge in [-0.3, -0.25) is 4.72 Å². The third-order valence-electron chi connectivity index (χ3n) is 6.66. The second-order valence-electron chi connectivity index (χ2n) is 9.31. The first kappa shape index (κ1) is 26.2. The Balaban J connectivity index is 1.54. The van der Waals surface area contributed by atoms with Crippen LogP contribution in [0, 0.1) is 0 Å². The molecule has 0 radical (unpaired) electrons. The molecule has 0 aromatic heterocycles. The van der Waals surface area contributed by atoms with Crippen LogP contribution in [0.1, 0.15) is 6.42 Å². The van der Waals surface area contributed by atoms with Gasteiger partial charge in [0.15, 0.2) is 11.5 Å². The van der Waals surface area contributed by atoms with Gasteiger partial charge in [0.25, 0.3) is 10.0 Å². The molecule has 4 aromatic carbocycles. The average molecular weight is 553 g/mol.